The minimum atomic E-state index is 0.379. The van der Waals surface area contributed by atoms with Crippen molar-refractivity contribution in [1.82, 2.24) is 14.9 Å². The maximum Gasteiger partial charge on any atom is 0.0952 e. The Balaban J connectivity index is 1.56. The van der Waals surface area contributed by atoms with Gasteiger partial charge >= 0.3 is 0 Å². The molecule has 19 heavy (non-hydrogen) atoms. The lowest BCUT2D eigenvalue weighted by molar-refractivity contribution is 0.0359. The maximum atomic E-state index is 6.12. The third-order valence-corrected chi connectivity index (χ3v) is 4.33. The molecule has 2 unspecified atom stereocenters. The molecule has 2 heterocycles. The zero-order valence-electron chi connectivity index (χ0n) is 11.9. The lowest BCUT2D eigenvalue weighted by Crippen LogP contribution is -2.27. The standard InChI is InChI=1S/C15H25N3O/c1-2-16-9-12-7-8-13(19-12)10-18-11-17-14-5-3-4-6-15(14)18/h11-13,16H,2-10H2,1H3. The van der Waals surface area contributed by atoms with Crippen LogP contribution in [0, 0.1) is 0 Å². The fourth-order valence-corrected chi connectivity index (χ4v) is 3.28. The molecule has 1 fully saturated rings. The van der Waals surface area contributed by atoms with Crippen molar-refractivity contribution in [3.63, 3.8) is 0 Å². The van der Waals surface area contributed by atoms with E-state index in [-0.39, 0.29) is 0 Å². The second-order valence-corrected chi connectivity index (χ2v) is 5.76. The molecule has 4 heteroatoms. The van der Waals surface area contributed by atoms with E-state index < -0.39 is 0 Å². The van der Waals surface area contributed by atoms with Gasteiger partial charge in [-0.1, -0.05) is 6.92 Å². The van der Waals surface area contributed by atoms with Crippen molar-refractivity contribution in [2.24, 2.45) is 0 Å². The van der Waals surface area contributed by atoms with Crippen LogP contribution < -0.4 is 5.32 Å². The Hall–Kier alpha value is -0.870. The SMILES string of the molecule is CCNCC1CCC(Cn2cnc3c2CCCC3)O1. The molecule has 0 radical (unpaired) electrons. The van der Waals surface area contributed by atoms with Gasteiger partial charge in [-0.2, -0.15) is 0 Å². The van der Waals surface area contributed by atoms with E-state index in [4.69, 9.17) is 4.74 Å². The van der Waals surface area contributed by atoms with Crippen molar-refractivity contribution in [1.29, 1.82) is 0 Å². The lowest BCUT2D eigenvalue weighted by Gasteiger charge is -2.18. The second-order valence-electron chi connectivity index (χ2n) is 5.76. The van der Waals surface area contributed by atoms with Gasteiger partial charge in [0.25, 0.3) is 0 Å². The Morgan fingerprint density at radius 1 is 1.32 bits per heavy atom. The average Bonchev–Trinajstić information content (AvgIpc) is 3.05. The Bertz CT molecular complexity index is 416. The topological polar surface area (TPSA) is 39.1 Å². The number of aromatic nitrogens is 2. The number of hydrogen-bond acceptors (Lipinski definition) is 3. The van der Waals surface area contributed by atoms with Crippen LogP contribution in [0.3, 0.4) is 0 Å². The first-order chi connectivity index (χ1) is 9.36. The predicted octanol–water partition coefficient (Wildman–Crippen LogP) is 1.92. The van der Waals surface area contributed by atoms with Crippen LogP contribution in [0.15, 0.2) is 6.33 Å². The Morgan fingerprint density at radius 2 is 2.16 bits per heavy atom. The van der Waals surface area contributed by atoms with E-state index in [2.05, 4.69) is 21.8 Å². The van der Waals surface area contributed by atoms with E-state index in [1.54, 1.807) is 0 Å². The van der Waals surface area contributed by atoms with Gasteiger partial charge < -0.3 is 14.6 Å². The van der Waals surface area contributed by atoms with Gasteiger partial charge in [0, 0.05) is 12.2 Å². The van der Waals surface area contributed by atoms with Gasteiger partial charge in [-0.05, 0) is 45.1 Å². The summed E-state index contributed by atoms with van der Waals surface area (Å²) in [4.78, 5) is 4.56. The van der Waals surface area contributed by atoms with E-state index in [0.29, 0.717) is 12.2 Å². The van der Waals surface area contributed by atoms with Gasteiger partial charge in [0.2, 0.25) is 0 Å². The summed E-state index contributed by atoms with van der Waals surface area (Å²) in [5, 5.41) is 3.38. The maximum absolute atomic E-state index is 6.12. The highest BCUT2D eigenvalue weighted by atomic mass is 16.5. The number of imidazole rings is 1. The van der Waals surface area contributed by atoms with Crippen molar-refractivity contribution in [2.75, 3.05) is 13.1 Å². The second kappa shape index (κ2) is 6.06. The number of hydrogen-bond donors (Lipinski definition) is 1. The molecule has 1 aromatic heterocycles. The summed E-state index contributed by atoms with van der Waals surface area (Å²) >= 11 is 0. The molecule has 3 rings (SSSR count). The van der Waals surface area contributed by atoms with Crippen LogP contribution in [0.1, 0.15) is 44.0 Å². The lowest BCUT2D eigenvalue weighted by atomic mass is 10.0. The molecule has 106 valence electrons. The van der Waals surface area contributed by atoms with Crippen molar-refractivity contribution < 1.29 is 4.74 Å². The summed E-state index contributed by atoms with van der Waals surface area (Å²) in [7, 11) is 0. The fourth-order valence-electron chi connectivity index (χ4n) is 3.28. The number of likely N-dealkylation sites (N-methyl/N-ethyl adjacent to an activating group) is 1. The highest BCUT2D eigenvalue weighted by Gasteiger charge is 2.26. The van der Waals surface area contributed by atoms with Crippen molar-refractivity contribution in [2.45, 2.75) is 64.2 Å². The van der Waals surface area contributed by atoms with Crippen molar-refractivity contribution >= 4 is 0 Å². The summed E-state index contributed by atoms with van der Waals surface area (Å²) < 4.78 is 8.46. The molecule has 0 spiro atoms. The molecule has 2 aliphatic rings. The molecule has 1 saturated heterocycles. The third kappa shape index (κ3) is 3.00. The van der Waals surface area contributed by atoms with Gasteiger partial charge in [0.15, 0.2) is 0 Å². The molecule has 0 bridgehead atoms. The van der Waals surface area contributed by atoms with Gasteiger partial charge in [-0.3, -0.25) is 0 Å². The number of nitrogens with one attached hydrogen (secondary N) is 1. The normalized spacial score (nSPS) is 26.6. The molecular weight excluding hydrogens is 238 g/mol. The molecule has 0 saturated carbocycles. The van der Waals surface area contributed by atoms with E-state index in [0.717, 1.165) is 26.1 Å². The molecular formula is C15H25N3O. The van der Waals surface area contributed by atoms with Crippen LogP contribution in [-0.4, -0.2) is 34.8 Å². The number of aryl methyl sites for hydroxylation is 1. The summed E-state index contributed by atoms with van der Waals surface area (Å²) in [6, 6.07) is 0. The van der Waals surface area contributed by atoms with E-state index in [9.17, 15) is 0 Å². The molecule has 0 aromatic carbocycles. The molecule has 4 nitrogen and oxygen atoms in total. The Kier molecular flexibility index (Phi) is 4.18. The third-order valence-electron chi connectivity index (χ3n) is 4.33. The quantitative estimate of drug-likeness (QED) is 0.882. The summed E-state index contributed by atoms with van der Waals surface area (Å²) in [5.74, 6) is 0. The summed E-state index contributed by atoms with van der Waals surface area (Å²) in [6.07, 6.45) is 10.2. The van der Waals surface area contributed by atoms with Crippen LogP contribution in [-0.2, 0) is 24.1 Å². The van der Waals surface area contributed by atoms with Crippen LogP contribution in [0.4, 0.5) is 0 Å². The average molecular weight is 263 g/mol. The number of nitrogens with zero attached hydrogens (tertiary/aromatic N) is 2. The molecule has 0 amide bonds. The predicted molar refractivity (Wildman–Crippen MR) is 75.3 cm³/mol. The van der Waals surface area contributed by atoms with Crippen LogP contribution in [0.5, 0.6) is 0 Å². The number of rotatable bonds is 5. The zero-order chi connectivity index (χ0) is 13.1. The van der Waals surface area contributed by atoms with E-state index in [1.807, 2.05) is 6.33 Å². The largest absolute Gasteiger partial charge is 0.372 e. The van der Waals surface area contributed by atoms with E-state index in [1.165, 1.54) is 43.5 Å². The molecule has 1 aromatic rings. The highest BCUT2D eigenvalue weighted by Crippen LogP contribution is 2.24. The molecule has 1 N–H and O–H groups in total. The highest BCUT2D eigenvalue weighted by molar-refractivity contribution is 5.16. The first-order valence-corrected chi connectivity index (χ1v) is 7.76. The Labute approximate surface area is 115 Å². The van der Waals surface area contributed by atoms with Crippen LogP contribution in [0.25, 0.3) is 0 Å². The fraction of sp³-hybridized carbons (Fsp3) is 0.800. The minimum absolute atomic E-state index is 0.379. The molecule has 2 atom stereocenters. The van der Waals surface area contributed by atoms with Crippen LogP contribution in [0.2, 0.25) is 0 Å². The van der Waals surface area contributed by atoms with Gasteiger partial charge in [-0.15, -0.1) is 0 Å². The van der Waals surface area contributed by atoms with Crippen molar-refractivity contribution in [3.05, 3.63) is 17.7 Å². The molecule has 1 aliphatic heterocycles. The van der Waals surface area contributed by atoms with Crippen LogP contribution >= 0.6 is 0 Å². The molecule has 1 aliphatic carbocycles. The van der Waals surface area contributed by atoms with Gasteiger partial charge in [0.05, 0.1) is 30.8 Å². The smallest absolute Gasteiger partial charge is 0.0952 e. The first-order valence-electron chi connectivity index (χ1n) is 7.76. The monoisotopic (exact) mass is 263 g/mol. The van der Waals surface area contributed by atoms with Gasteiger partial charge in [-0.25, -0.2) is 4.98 Å². The summed E-state index contributed by atoms with van der Waals surface area (Å²) in [6.45, 7) is 5.16. The van der Waals surface area contributed by atoms with Gasteiger partial charge in [0.1, 0.15) is 0 Å². The summed E-state index contributed by atoms with van der Waals surface area (Å²) in [5.41, 5.74) is 2.79. The zero-order valence-corrected chi connectivity index (χ0v) is 11.9. The van der Waals surface area contributed by atoms with E-state index >= 15 is 0 Å². The van der Waals surface area contributed by atoms with Crippen molar-refractivity contribution in [3.8, 4) is 0 Å². The first kappa shape index (κ1) is 13.1. The Morgan fingerprint density at radius 3 is 3.05 bits per heavy atom. The number of ether oxygens (including phenoxy) is 1. The minimum Gasteiger partial charge on any atom is -0.372 e. The number of fused-ring (bicyclic) bond motifs is 1.